The van der Waals surface area contributed by atoms with Gasteiger partial charge in [0.25, 0.3) is 0 Å². The highest BCUT2D eigenvalue weighted by molar-refractivity contribution is 7.91. The maximum Gasteiger partial charge on any atom is 0.178 e. The van der Waals surface area contributed by atoms with Crippen LogP contribution in [-0.2, 0) is 16.3 Å². The van der Waals surface area contributed by atoms with E-state index in [2.05, 4.69) is 9.97 Å². The van der Waals surface area contributed by atoms with Crippen LogP contribution in [0, 0.1) is 0 Å². The Morgan fingerprint density at radius 1 is 1.00 bits per heavy atom. The van der Waals surface area contributed by atoms with Crippen molar-refractivity contribution in [1.29, 1.82) is 0 Å². The lowest BCUT2D eigenvalue weighted by Crippen LogP contribution is -2.03. The second kappa shape index (κ2) is 7.82. The Morgan fingerprint density at radius 3 is 2.34 bits per heavy atom. The molecule has 0 fully saturated rings. The van der Waals surface area contributed by atoms with Crippen molar-refractivity contribution in [1.82, 2.24) is 9.97 Å². The Balaban J connectivity index is 1.69. The highest BCUT2D eigenvalue weighted by Crippen LogP contribution is 2.39. The number of rotatable bonds is 5. The first-order chi connectivity index (χ1) is 13.9. The van der Waals surface area contributed by atoms with Gasteiger partial charge in [0.2, 0.25) is 0 Å². The molecular formula is C22H18Cl2N2O2S. The fraction of sp³-hybridized carbons (Fsp3) is 0.136. The molecule has 1 aromatic heterocycles. The number of nitrogens with zero attached hydrogens (tertiary/aromatic N) is 1. The molecule has 0 aliphatic rings. The number of imidazole rings is 1. The summed E-state index contributed by atoms with van der Waals surface area (Å²) in [6.07, 6.45) is 0.524. The Bertz CT molecular complexity index is 1280. The summed E-state index contributed by atoms with van der Waals surface area (Å²) in [5.41, 5.74) is 4.06. The van der Waals surface area contributed by atoms with E-state index in [1.165, 1.54) is 0 Å². The van der Waals surface area contributed by atoms with Crippen molar-refractivity contribution >= 4 is 44.1 Å². The van der Waals surface area contributed by atoms with E-state index in [4.69, 9.17) is 23.2 Å². The molecule has 0 radical (unpaired) electrons. The lowest BCUT2D eigenvalue weighted by atomic mass is 10.0. The molecule has 0 amide bonds. The highest BCUT2D eigenvalue weighted by atomic mass is 35.5. The molecule has 4 rings (SSSR count). The molecule has 0 saturated heterocycles. The number of aromatic nitrogens is 2. The predicted octanol–water partition coefficient (Wildman–Crippen LogP) is 5.92. The molecule has 0 aliphatic heterocycles. The van der Waals surface area contributed by atoms with Gasteiger partial charge in [-0.25, -0.2) is 13.4 Å². The molecule has 1 N–H and O–H groups in total. The van der Waals surface area contributed by atoms with Crippen LogP contribution >= 0.6 is 23.2 Å². The van der Waals surface area contributed by atoms with E-state index in [0.29, 0.717) is 26.9 Å². The second-order valence-electron chi connectivity index (χ2n) is 6.72. The quantitative estimate of drug-likeness (QED) is 0.415. The maximum absolute atomic E-state index is 12.0. The molecule has 7 heteroatoms. The van der Waals surface area contributed by atoms with Crippen LogP contribution in [0.3, 0.4) is 0 Å². The number of halogens is 2. The van der Waals surface area contributed by atoms with E-state index in [1.54, 1.807) is 31.2 Å². The first-order valence-corrected chi connectivity index (χ1v) is 11.5. The van der Waals surface area contributed by atoms with Crippen LogP contribution in [-0.4, -0.2) is 24.1 Å². The smallest absolute Gasteiger partial charge is 0.178 e. The van der Waals surface area contributed by atoms with Gasteiger partial charge in [-0.1, -0.05) is 72.6 Å². The number of fused-ring (bicyclic) bond motifs is 1. The monoisotopic (exact) mass is 444 g/mol. The standard InChI is InChI=1S/C22H18Cl2N2O2S/c1-2-29(27,28)16-10-8-14(9-11-16)12-19-25-18-13-17(23)20(21(24)22(18)26-19)15-6-4-3-5-7-15/h3-11,13H,2,12H2,1H3,(H,25,26). The van der Waals surface area contributed by atoms with Crippen LogP contribution in [0.1, 0.15) is 18.3 Å². The van der Waals surface area contributed by atoms with E-state index >= 15 is 0 Å². The number of aromatic amines is 1. The number of hydrogen-bond acceptors (Lipinski definition) is 3. The summed E-state index contributed by atoms with van der Waals surface area (Å²) in [5, 5.41) is 1.06. The molecule has 148 valence electrons. The van der Waals surface area contributed by atoms with Crippen molar-refractivity contribution in [2.75, 3.05) is 5.75 Å². The average Bonchev–Trinajstić information content (AvgIpc) is 3.12. The van der Waals surface area contributed by atoms with Gasteiger partial charge in [-0.3, -0.25) is 0 Å². The van der Waals surface area contributed by atoms with Crippen molar-refractivity contribution < 1.29 is 8.42 Å². The molecule has 0 aliphatic carbocycles. The van der Waals surface area contributed by atoms with E-state index < -0.39 is 9.84 Å². The predicted molar refractivity (Wildman–Crippen MR) is 119 cm³/mol. The zero-order valence-corrected chi connectivity index (χ0v) is 17.9. The summed E-state index contributed by atoms with van der Waals surface area (Å²) >= 11 is 13.1. The minimum atomic E-state index is -3.21. The summed E-state index contributed by atoms with van der Waals surface area (Å²) in [6, 6.07) is 18.4. The first kappa shape index (κ1) is 20.0. The third kappa shape index (κ3) is 3.90. The van der Waals surface area contributed by atoms with Crippen LogP contribution in [0.25, 0.3) is 22.2 Å². The SMILES string of the molecule is CCS(=O)(=O)c1ccc(Cc2nc3c(Cl)c(-c4ccccc4)c(Cl)cc3[nH]2)cc1. The molecule has 0 atom stereocenters. The average molecular weight is 445 g/mol. The third-order valence-corrected chi connectivity index (χ3v) is 7.23. The molecule has 0 unspecified atom stereocenters. The topological polar surface area (TPSA) is 62.8 Å². The van der Waals surface area contributed by atoms with Crippen molar-refractivity contribution in [3.63, 3.8) is 0 Å². The summed E-state index contributed by atoms with van der Waals surface area (Å²) in [5.74, 6) is 0.813. The molecule has 1 heterocycles. The maximum atomic E-state index is 12.0. The lowest BCUT2D eigenvalue weighted by Gasteiger charge is -2.07. The number of sulfone groups is 1. The molecule has 3 aromatic carbocycles. The number of hydrogen-bond donors (Lipinski definition) is 1. The van der Waals surface area contributed by atoms with Gasteiger partial charge in [0.1, 0.15) is 11.3 Å². The van der Waals surface area contributed by atoms with Crippen LogP contribution in [0.5, 0.6) is 0 Å². The van der Waals surface area contributed by atoms with Gasteiger partial charge in [0, 0.05) is 12.0 Å². The van der Waals surface area contributed by atoms with Crippen LogP contribution in [0.15, 0.2) is 65.6 Å². The lowest BCUT2D eigenvalue weighted by molar-refractivity contribution is 0.597. The fourth-order valence-electron chi connectivity index (χ4n) is 3.26. The number of nitrogens with one attached hydrogen (secondary N) is 1. The van der Waals surface area contributed by atoms with Gasteiger partial charge in [-0.2, -0.15) is 0 Å². The fourth-order valence-corrected chi connectivity index (χ4v) is 4.86. The summed E-state index contributed by atoms with van der Waals surface area (Å²) < 4.78 is 23.9. The summed E-state index contributed by atoms with van der Waals surface area (Å²) in [4.78, 5) is 8.25. The van der Waals surface area contributed by atoms with Crippen LogP contribution < -0.4 is 0 Å². The Morgan fingerprint density at radius 2 is 1.69 bits per heavy atom. The Labute approximate surface area is 179 Å². The first-order valence-electron chi connectivity index (χ1n) is 9.12. The number of benzene rings is 3. The van der Waals surface area contributed by atoms with Gasteiger partial charge in [0.15, 0.2) is 9.84 Å². The minimum absolute atomic E-state index is 0.0823. The van der Waals surface area contributed by atoms with Gasteiger partial charge in [0.05, 0.1) is 26.2 Å². The normalized spacial score (nSPS) is 11.8. The second-order valence-corrected chi connectivity index (χ2v) is 9.78. The Hall–Kier alpha value is -2.34. The molecule has 4 nitrogen and oxygen atoms in total. The molecular weight excluding hydrogens is 427 g/mol. The van der Waals surface area contributed by atoms with Crippen LogP contribution in [0.4, 0.5) is 0 Å². The van der Waals surface area contributed by atoms with Crippen molar-refractivity contribution in [2.45, 2.75) is 18.2 Å². The van der Waals surface area contributed by atoms with Gasteiger partial charge >= 0.3 is 0 Å². The molecule has 0 saturated carbocycles. The van der Waals surface area contributed by atoms with Gasteiger partial charge < -0.3 is 4.98 Å². The zero-order chi connectivity index (χ0) is 20.6. The summed E-state index contributed by atoms with van der Waals surface area (Å²) in [6.45, 7) is 1.64. The van der Waals surface area contributed by atoms with E-state index in [9.17, 15) is 8.42 Å². The Kier molecular flexibility index (Phi) is 5.38. The number of H-pyrrole nitrogens is 1. The molecule has 0 spiro atoms. The zero-order valence-electron chi connectivity index (χ0n) is 15.6. The molecule has 4 aromatic rings. The van der Waals surface area contributed by atoms with Crippen molar-refractivity contribution in [2.24, 2.45) is 0 Å². The van der Waals surface area contributed by atoms with E-state index in [-0.39, 0.29) is 5.75 Å². The van der Waals surface area contributed by atoms with Crippen molar-refractivity contribution in [3.05, 3.63) is 82.1 Å². The largest absolute Gasteiger partial charge is 0.342 e. The van der Waals surface area contributed by atoms with Gasteiger partial charge in [-0.15, -0.1) is 0 Å². The minimum Gasteiger partial charge on any atom is -0.342 e. The highest BCUT2D eigenvalue weighted by Gasteiger charge is 2.16. The summed E-state index contributed by atoms with van der Waals surface area (Å²) in [7, 11) is -3.21. The van der Waals surface area contributed by atoms with E-state index in [1.807, 2.05) is 36.4 Å². The molecule has 29 heavy (non-hydrogen) atoms. The van der Waals surface area contributed by atoms with Crippen LogP contribution in [0.2, 0.25) is 10.0 Å². The van der Waals surface area contributed by atoms with Crippen molar-refractivity contribution in [3.8, 4) is 11.1 Å². The van der Waals surface area contributed by atoms with E-state index in [0.717, 1.165) is 28.0 Å². The van der Waals surface area contributed by atoms with Gasteiger partial charge in [-0.05, 0) is 29.3 Å². The molecule has 0 bridgehead atoms. The third-order valence-electron chi connectivity index (χ3n) is 4.81.